The van der Waals surface area contributed by atoms with E-state index in [1.165, 1.54) is 0 Å². The number of nitrogen functional groups attached to an aromatic ring is 1. The number of anilines is 1. The molecule has 0 unspecified atom stereocenters. The Morgan fingerprint density at radius 1 is 1.58 bits per heavy atom. The van der Waals surface area contributed by atoms with Crippen LogP contribution in [0.15, 0.2) is 12.3 Å². The first-order chi connectivity index (χ1) is 8.97. The molecule has 6 nitrogen and oxygen atoms in total. The van der Waals surface area contributed by atoms with Crippen molar-refractivity contribution in [1.82, 2.24) is 20.0 Å². The van der Waals surface area contributed by atoms with Crippen molar-refractivity contribution in [2.24, 2.45) is 5.92 Å². The van der Waals surface area contributed by atoms with Gasteiger partial charge in [0.2, 0.25) is 5.91 Å². The highest BCUT2D eigenvalue weighted by atomic mass is 16.2. The normalized spacial score (nSPS) is 11.2. The zero-order chi connectivity index (χ0) is 14.3. The molecule has 0 fully saturated rings. The predicted octanol–water partition coefficient (Wildman–Crippen LogP) is 0.559. The van der Waals surface area contributed by atoms with Crippen molar-refractivity contribution in [1.29, 1.82) is 0 Å². The van der Waals surface area contributed by atoms with E-state index in [2.05, 4.69) is 24.3 Å². The fourth-order valence-corrected chi connectivity index (χ4v) is 1.70. The highest BCUT2D eigenvalue weighted by Crippen LogP contribution is 1.98. The molecule has 0 atom stereocenters. The van der Waals surface area contributed by atoms with E-state index in [0.717, 1.165) is 26.1 Å². The van der Waals surface area contributed by atoms with Gasteiger partial charge in [-0.15, -0.1) is 0 Å². The summed E-state index contributed by atoms with van der Waals surface area (Å²) in [6.07, 6.45) is 2.81. The van der Waals surface area contributed by atoms with Gasteiger partial charge in [0.25, 0.3) is 0 Å². The van der Waals surface area contributed by atoms with Crippen LogP contribution in [-0.4, -0.2) is 47.3 Å². The molecule has 0 aliphatic rings. The third-order valence-electron chi connectivity index (χ3n) is 2.71. The third-order valence-corrected chi connectivity index (χ3v) is 2.71. The molecule has 0 saturated heterocycles. The van der Waals surface area contributed by atoms with Gasteiger partial charge >= 0.3 is 0 Å². The molecule has 108 valence electrons. The SMILES string of the molecule is CC(C)CNC(=O)CN(C)CCCn1ccc(N)n1. The fraction of sp³-hybridized carbons (Fsp3) is 0.692. The summed E-state index contributed by atoms with van der Waals surface area (Å²) in [5.41, 5.74) is 5.54. The number of nitrogens with two attached hydrogens (primary N) is 1. The van der Waals surface area contributed by atoms with E-state index < -0.39 is 0 Å². The van der Waals surface area contributed by atoms with E-state index in [-0.39, 0.29) is 5.91 Å². The van der Waals surface area contributed by atoms with Crippen LogP contribution in [0.3, 0.4) is 0 Å². The van der Waals surface area contributed by atoms with Gasteiger partial charge in [-0.3, -0.25) is 14.4 Å². The number of nitrogens with one attached hydrogen (secondary N) is 1. The summed E-state index contributed by atoms with van der Waals surface area (Å²) >= 11 is 0. The van der Waals surface area contributed by atoms with Gasteiger partial charge in [0, 0.05) is 25.8 Å². The van der Waals surface area contributed by atoms with Crippen molar-refractivity contribution in [3.63, 3.8) is 0 Å². The summed E-state index contributed by atoms with van der Waals surface area (Å²) < 4.78 is 1.82. The number of hydrogen-bond donors (Lipinski definition) is 2. The Labute approximate surface area is 114 Å². The summed E-state index contributed by atoms with van der Waals surface area (Å²) in [7, 11) is 1.95. The van der Waals surface area contributed by atoms with Crippen LogP contribution in [0.4, 0.5) is 5.82 Å². The average molecular weight is 267 g/mol. The summed E-state index contributed by atoms with van der Waals surface area (Å²) in [5.74, 6) is 1.11. The van der Waals surface area contributed by atoms with Crippen molar-refractivity contribution >= 4 is 11.7 Å². The van der Waals surface area contributed by atoms with E-state index in [9.17, 15) is 4.79 Å². The van der Waals surface area contributed by atoms with Gasteiger partial charge in [-0.1, -0.05) is 13.8 Å². The van der Waals surface area contributed by atoms with Gasteiger partial charge in [0.05, 0.1) is 6.54 Å². The van der Waals surface area contributed by atoms with E-state index in [4.69, 9.17) is 5.73 Å². The largest absolute Gasteiger partial charge is 0.382 e. The van der Waals surface area contributed by atoms with Gasteiger partial charge in [-0.25, -0.2) is 0 Å². The number of aryl methyl sites for hydroxylation is 1. The van der Waals surface area contributed by atoms with Gasteiger partial charge in [-0.05, 0) is 25.5 Å². The van der Waals surface area contributed by atoms with Crippen LogP contribution in [0.1, 0.15) is 20.3 Å². The van der Waals surface area contributed by atoms with Crippen molar-refractivity contribution in [3.8, 4) is 0 Å². The summed E-state index contributed by atoms with van der Waals surface area (Å²) in [6.45, 7) is 7.01. The van der Waals surface area contributed by atoms with Crippen molar-refractivity contribution in [2.75, 3.05) is 32.4 Å². The molecule has 1 aromatic rings. The number of aromatic nitrogens is 2. The lowest BCUT2D eigenvalue weighted by atomic mass is 10.2. The Bertz CT molecular complexity index is 388. The summed E-state index contributed by atoms with van der Waals surface area (Å²) in [6, 6.07) is 1.78. The summed E-state index contributed by atoms with van der Waals surface area (Å²) in [4.78, 5) is 13.6. The van der Waals surface area contributed by atoms with Gasteiger partial charge in [0.1, 0.15) is 5.82 Å². The quantitative estimate of drug-likeness (QED) is 0.721. The number of nitrogens with zero attached hydrogens (tertiary/aromatic N) is 3. The predicted molar refractivity (Wildman–Crippen MR) is 76.6 cm³/mol. The molecule has 1 aromatic heterocycles. The van der Waals surface area contributed by atoms with Gasteiger partial charge < -0.3 is 11.1 Å². The molecule has 0 bridgehead atoms. The maximum Gasteiger partial charge on any atom is 0.234 e. The van der Waals surface area contributed by atoms with Crippen molar-refractivity contribution in [2.45, 2.75) is 26.8 Å². The maximum atomic E-state index is 11.6. The molecule has 0 saturated carbocycles. The maximum absolute atomic E-state index is 11.6. The zero-order valence-electron chi connectivity index (χ0n) is 12.1. The number of rotatable bonds is 8. The number of likely N-dealkylation sites (N-methyl/N-ethyl adjacent to an activating group) is 1. The second kappa shape index (κ2) is 7.78. The van der Waals surface area contributed by atoms with Crippen LogP contribution in [0, 0.1) is 5.92 Å². The molecule has 0 radical (unpaired) electrons. The highest BCUT2D eigenvalue weighted by molar-refractivity contribution is 5.77. The Balaban J connectivity index is 2.13. The number of carbonyl (C=O) groups is 1. The van der Waals surface area contributed by atoms with Crippen molar-refractivity contribution < 1.29 is 4.79 Å². The highest BCUT2D eigenvalue weighted by Gasteiger charge is 2.06. The van der Waals surface area contributed by atoms with Gasteiger partial charge in [0.15, 0.2) is 0 Å². The Kier molecular flexibility index (Phi) is 6.35. The minimum Gasteiger partial charge on any atom is -0.382 e. The van der Waals surface area contributed by atoms with E-state index in [1.54, 1.807) is 6.07 Å². The number of carbonyl (C=O) groups excluding carboxylic acids is 1. The molecule has 1 heterocycles. The van der Waals surface area contributed by atoms with E-state index in [0.29, 0.717) is 18.3 Å². The lowest BCUT2D eigenvalue weighted by Gasteiger charge is -2.16. The molecule has 0 aromatic carbocycles. The van der Waals surface area contributed by atoms with Gasteiger partial charge in [-0.2, -0.15) is 5.10 Å². The molecule has 6 heteroatoms. The molecule has 0 aliphatic heterocycles. The smallest absolute Gasteiger partial charge is 0.234 e. The first-order valence-corrected chi connectivity index (χ1v) is 6.71. The minimum atomic E-state index is 0.0829. The Morgan fingerprint density at radius 2 is 2.32 bits per heavy atom. The lowest BCUT2D eigenvalue weighted by Crippen LogP contribution is -2.37. The van der Waals surface area contributed by atoms with Crippen LogP contribution in [-0.2, 0) is 11.3 Å². The molecule has 1 rings (SSSR count). The van der Waals surface area contributed by atoms with Crippen LogP contribution < -0.4 is 11.1 Å². The van der Waals surface area contributed by atoms with E-state index in [1.807, 2.05) is 22.8 Å². The molecular weight excluding hydrogens is 242 g/mol. The molecule has 0 aliphatic carbocycles. The standard InChI is InChI=1S/C13H25N5O/c1-11(2)9-15-13(19)10-17(3)6-4-7-18-8-5-12(14)16-18/h5,8,11H,4,6-7,9-10H2,1-3H3,(H2,14,16)(H,15,19). The zero-order valence-corrected chi connectivity index (χ0v) is 12.1. The molecule has 19 heavy (non-hydrogen) atoms. The first kappa shape index (κ1) is 15.5. The van der Waals surface area contributed by atoms with E-state index >= 15 is 0 Å². The second-order valence-corrected chi connectivity index (χ2v) is 5.29. The Hall–Kier alpha value is -1.56. The van der Waals surface area contributed by atoms with Crippen LogP contribution >= 0.6 is 0 Å². The minimum absolute atomic E-state index is 0.0829. The lowest BCUT2D eigenvalue weighted by molar-refractivity contribution is -0.122. The third kappa shape index (κ3) is 6.81. The molecule has 0 spiro atoms. The van der Waals surface area contributed by atoms with Crippen LogP contribution in [0.2, 0.25) is 0 Å². The first-order valence-electron chi connectivity index (χ1n) is 6.71. The monoisotopic (exact) mass is 267 g/mol. The van der Waals surface area contributed by atoms with Crippen molar-refractivity contribution in [3.05, 3.63) is 12.3 Å². The second-order valence-electron chi connectivity index (χ2n) is 5.29. The Morgan fingerprint density at radius 3 is 2.89 bits per heavy atom. The summed E-state index contributed by atoms with van der Waals surface area (Å²) in [5, 5.41) is 7.02. The topological polar surface area (TPSA) is 76.2 Å². The molecule has 3 N–H and O–H groups in total. The van der Waals surface area contributed by atoms with Crippen LogP contribution in [0.5, 0.6) is 0 Å². The number of amides is 1. The number of hydrogen-bond acceptors (Lipinski definition) is 4. The average Bonchev–Trinajstić information content (AvgIpc) is 2.72. The fourth-order valence-electron chi connectivity index (χ4n) is 1.70. The van der Waals surface area contributed by atoms with Crippen LogP contribution in [0.25, 0.3) is 0 Å². The molecule has 1 amide bonds. The molecular formula is C13H25N5O.